The lowest BCUT2D eigenvalue weighted by atomic mass is 10.1. The van der Waals surface area contributed by atoms with Gasteiger partial charge in [0.2, 0.25) is 6.79 Å². The van der Waals surface area contributed by atoms with E-state index in [4.69, 9.17) is 9.47 Å². The number of hydrogen-bond acceptors (Lipinski definition) is 4. The van der Waals surface area contributed by atoms with Crippen LogP contribution in [0.25, 0.3) is 0 Å². The van der Waals surface area contributed by atoms with Crippen molar-refractivity contribution in [3.8, 4) is 11.5 Å². The van der Waals surface area contributed by atoms with Crippen molar-refractivity contribution >= 4 is 10.8 Å². The molecule has 2 unspecified atom stereocenters. The summed E-state index contributed by atoms with van der Waals surface area (Å²) in [6.45, 7) is 3.95. The molecule has 0 bridgehead atoms. The Morgan fingerprint density at radius 2 is 1.86 bits per heavy atom. The zero-order valence-corrected chi connectivity index (χ0v) is 12.0. The van der Waals surface area contributed by atoms with Crippen LogP contribution in [0.2, 0.25) is 0 Å². The van der Waals surface area contributed by atoms with Gasteiger partial charge >= 0.3 is 0 Å². The maximum Gasteiger partial charge on any atom is 0.231 e. The van der Waals surface area contributed by atoms with Crippen LogP contribution in [-0.2, 0) is 10.8 Å². The molecule has 5 heteroatoms. The first-order chi connectivity index (χ1) is 10.2. The molecule has 3 rings (SSSR count). The minimum atomic E-state index is -1.47. The van der Waals surface area contributed by atoms with Crippen LogP contribution in [0.15, 0.2) is 64.9 Å². The summed E-state index contributed by atoms with van der Waals surface area (Å²) >= 11 is 0. The predicted molar refractivity (Wildman–Crippen MR) is 79.5 cm³/mol. The lowest BCUT2D eigenvalue weighted by molar-refractivity contribution is 0.173. The topological polar surface area (TPSA) is 55.8 Å². The fraction of sp³-hybridized carbons (Fsp3) is 0.125. The quantitative estimate of drug-likeness (QED) is 0.943. The van der Waals surface area contributed by atoms with Gasteiger partial charge in [0.15, 0.2) is 11.5 Å². The van der Waals surface area contributed by atoms with Gasteiger partial charge in [-0.2, -0.15) is 0 Å². The maximum absolute atomic E-state index is 12.4. The Labute approximate surface area is 125 Å². The van der Waals surface area contributed by atoms with Crippen LogP contribution in [0.4, 0.5) is 0 Å². The SMILES string of the molecule is C=C(C(O)c1ccc2c(c1)OCO2)S(=O)c1ccccc1. The molecule has 0 saturated carbocycles. The lowest BCUT2D eigenvalue weighted by Crippen LogP contribution is -2.06. The monoisotopic (exact) mass is 302 g/mol. The second kappa shape index (κ2) is 5.71. The van der Waals surface area contributed by atoms with E-state index in [-0.39, 0.29) is 11.7 Å². The first-order valence-electron chi connectivity index (χ1n) is 6.40. The third-order valence-corrected chi connectivity index (χ3v) is 4.61. The molecule has 0 saturated heterocycles. The van der Waals surface area contributed by atoms with Gasteiger partial charge in [-0.25, -0.2) is 4.21 Å². The minimum Gasteiger partial charge on any atom is -0.454 e. The highest BCUT2D eigenvalue weighted by atomic mass is 32.2. The molecule has 108 valence electrons. The summed E-state index contributed by atoms with van der Waals surface area (Å²) in [5.41, 5.74) is 0.577. The minimum absolute atomic E-state index is 0.172. The molecule has 2 aromatic rings. The average molecular weight is 302 g/mol. The van der Waals surface area contributed by atoms with Gasteiger partial charge in [0.05, 0.1) is 10.8 Å². The van der Waals surface area contributed by atoms with Gasteiger partial charge in [-0.1, -0.05) is 30.8 Å². The first kappa shape index (κ1) is 13.9. The van der Waals surface area contributed by atoms with E-state index in [0.717, 1.165) is 0 Å². The second-order valence-electron chi connectivity index (χ2n) is 4.56. The Bertz CT molecular complexity index is 697. The van der Waals surface area contributed by atoms with E-state index < -0.39 is 16.9 Å². The van der Waals surface area contributed by atoms with Gasteiger partial charge in [-0.05, 0) is 29.8 Å². The molecule has 1 N–H and O–H groups in total. The van der Waals surface area contributed by atoms with Gasteiger partial charge in [0, 0.05) is 9.80 Å². The lowest BCUT2D eigenvalue weighted by Gasteiger charge is -2.14. The standard InChI is InChI=1S/C16H14O4S/c1-11(21(18)13-5-3-2-4-6-13)16(17)12-7-8-14-15(9-12)20-10-19-14/h2-9,16-17H,1,10H2. The molecule has 1 heterocycles. The molecular weight excluding hydrogens is 288 g/mol. The summed E-state index contributed by atoms with van der Waals surface area (Å²) in [4.78, 5) is 0.849. The zero-order chi connectivity index (χ0) is 14.8. The van der Waals surface area contributed by atoms with E-state index in [0.29, 0.717) is 22.0 Å². The van der Waals surface area contributed by atoms with Crippen molar-refractivity contribution in [3.63, 3.8) is 0 Å². The number of ether oxygens (including phenoxy) is 2. The highest BCUT2D eigenvalue weighted by Crippen LogP contribution is 2.36. The molecule has 4 nitrogen and oxygen atoms in total. The molecule has 0 fully saturated rings. The van der Waals surface area contributed by atoms with E-state index in [2.05, 4.69) is 6.58 Å². The summed E-state index contributed by atoms with van der Waals surface area (Å²) in [7, 11) is -1.47. The molecule has 0 spiro atoms. The van der Waals surface area contributed by atoms with Crippen LogP contribution in [0, 0.1) is 0 Å². The Kier molecular flexibility index (Phi) is 3.77. The summed E-state index contributed by atoms with van der Waals surface area (Å²) in [5.74, 6) is 1.21. The third kappa shape index (κ3) is 2.70. The molecule has 0 amide bonds. The first-order valence-corrected chi connectivity index (χ1v) is 7.55. The molecule has 2 atom stereocenters. The number of benzene rings is 2. The molecule has 1 aliphatic heterocycles. The molecule has 0 aliphatic carbocycles. The fourth-order valence-electron chi connectivity index (χ4n) is 2.07. The van der Waals surface area contributed by atoms with Crippen LogP contribution < -0.4 is 9.47 Å². The van der Waals surface area contributed by atoms with Crippen LogP contribution in [0.5, 0.6) is 11.5 Å². The van der Waals surface area contributed by atoms with Crippen molar-refractivity contribution in [3.05, 3.63) is 65.6 Å². The summed E-state index contributed by atoms with van der Waals surface area (Å²) in [5, 5.41) is 10.4. The van der Waals surface area contributed by atoms with Gasteiger partial charge in [-0.15, -0.1) is 0 Å². The van der Waals surface area contributed by atoms with Crippen molar-refractivity contribution < 1.29 is 18.8 Å². The number of fused-ring (bicyclic) bond motifs is 1. The Balaban J connectivity index is 1.83. The van der Waals surface area contributed by atoms with E-state index in [1.54, 1.807) is 42.5 Å². The number of hydrogen-bond donors (Lipinski definition) is 1. The predicted octanol–water partition coefficient (Wildman–Crippen LogP) is 2.77. The Hall–Kier alpha value is -2.11. The molecule has 1 aliphatic rings. The van der Waals surface area contributed by atoms with E-state index in [1.165, 1.54) is 0 Å². The van der Waals surface area contributed by atoms with Crippen molar-refractivity contribution in [1.29, 1.82) is 0 Å². The smallest absolute Gasteiger partial charge is 0.231 e. The van der Waals surface area contributed by atoms with Gasteiger partial charge in [0.25, 0.3) is 0 Å². The van der Waals surface area contributed by atoms with Gasteiger partial charge in [0.1, 0.15) is 6.10 Å². The third-order valence-electron chi connectivity index (χ3n) is 3.21. The Morgan fingerprint density at radius 1 is 1.14 bits per heavy atom. The number of aliphatic hydroxyl groups excluding tert-OH is 1. The summed E-state index contributed by atoms with van der Waals surface area (Å²) in [6.07, 6.45) is -1.03. The normalized spacial score (nSPS) is 15.5. The molecular formula is C16H14O4S. The van der Waals surface area contributed by atoms with Crippen molar-refractivity contribution in [1.82, 2.24) is 0 Å². The average Bonchev–Trinajstić information content (AvgIpc) is 3.01. The second-order valence-corrected chi connectivity index (χ2v) is 6.10. The number of rotatable bonds is 4. The van der Waals surface area contributed by atoms with E-state index in [1.807, 2.05) is 6.07 Å². The zero-order valence-electron chi connectivity index (χ0n) is 11.2. The van der Waals surface area contributed by atoms with Crippen molar-refractivity contribution in [2.75, 3.05) is 6.79 Å². The Morgan fingerprint density at radius 3 is 2.62 bits per heavy atom. The fourth-order valence-corrected chi connectivity index (χ4v) is 3.11. The van der Waals surface area contributed by atoms with Crippen LogP contribution >= 0.6 is 0 Å². The van der Waals surface area contributed by atoms with Crippen molar-refractivity contribution in [2.24, 2.45) is 0 Å². The molecule has 21 heavy (non-hydrogen) atoms. The van der Waals surface area contributed by atoms with Crippen LogP contribution in [0.1, 0.15) is 11.7 Å². The largest absolute Gasteiger partial charge is 0.454 e. The summed E-state index contributed by atoms with van der Waals surface area (Å²) < 4.78 is 22.9. The van der Waals surface area contributed by atoms with Crippen LogP contribution in [0.3, 0.4) is 0 Å². The highest BCUT2D eigenvalue weighted by molar-refractivity contribution is 7.89. The van der Waals surface area contributed by atoms with E-state index >= 15 is 0 Å². The maximum atomic E-state index is 12.4. The van der Waals surface area contributed by atoms with Gasteiger partial charge in [-0.3, -0.25) is 0 Å². The highest BCUT2D eigenvalue weighted by Gasteiger charge is 2.21. The van der Waals surface area contributed by atoms with E-state index in [9.17, 15) is 9.32 Å². The molecule has 2 aromatic carbocycles. The van der Waals surface area contributed by atoms with Gasteiger partial charge < -0.3 is 14.6 Å². The van der Waals surface area contributed by atoms with Crippen LogP contribution in [-0.4, -0.2) is 16.1 Å². The molecule has 0 aromatic heterocycles. The van der Waals surface area contributed by atoms with Crippen molar-refractivity contribution in [2.45, 2.75) is 11.0 Å². The summed E-state index contributed by atoms with van der Waals surface area (Å²) in [6, 6.07) is 14.0. The number of aliphatic hydroxyl groups is 1. The molecule has 0 radical (unpaired) electrons.